The van der Waals surface area contributed by atoms with Crippen LogP contribution in [0.25, 0.3) is 0 Å². The topological polar surface area (TPSA) is 71.1 Å². The summed E-state index contributed by atoms with van der Waals surface area (Å²) >= 11 is 0. The van der Waals surface area contributed by atoms with Crippen LogP contribution in [0.3, 0.4) is 0 Å². The lowest BCUT2D eigenvalue weighted by molar-refractivity contribution is 0.598. The molecule has 0 aliphatic heterocycles. The van der Waals surface area contributed by atoms with Crippen molar-refractivity contribution < 1.29 is 12.8 Å². The summed E-state index contributed by atoms with van der Waals surface area (Å²) in [6.45, 7) is 5.62. The van der Waals surface area contributed by atoms with Gasteiger partial charge >= 0.3 is 0 Å². The van der Waals surface area contributed by atoms with Gasteiger partial charge in [0.25, 0.3) is 10.0 Å². The second kappa shape index (κ2) is 7.36. The summed E-state index contributed by atoms with van der Waals surface area (Å²) in [5.74, 6) is 0.119. The Bertz CT molecular complexity index is 1080. The molecular weight excluding hydrogens is 365 g/mol. The minimum atomic E-state index is -3.82. The van der Waals surface area contributed by atoms with Crippen molar-refractivity contribution in [2.45, 2.75) is 25.7 Å². The molecule has 7 heteroatoms. The first-order valence-corrected chi connectivity index (χ1v) is 9.82. The number of nitrogens with zero attached hydrogens (tertiary/aromatic N) is 1. The molecule has 0 aliphatic carbocycles. The average molecular weight is 385 g/mol. The monoisotopic (exact) mass is 385 g/mol. The smallest absolute Gasteiger partial charge is 0.262 e. The molecule has 27 heavy (non-hydrogen) atoms. The minimum Gasteiger partial charge on any atom is -0.340 e. The molecule has 3 rings (SSSR count). The van der Waals surface area contributed by atoms with Crippen molar-refractivity contribution in [3.63, 3.8) is 0 Å². The van der Waals surface area contributed by atoms with Crippen molar-refractivity contribution in [2.75, 3.05) is 10.0 Å². The SMILES string of the molecule is Cc1ccc(Nc2ccc(NS(=O)(=O)c3ccc(F)cc3C)cn2)cc1C. The van der Waals surface area contributed by atoms with Crippen molar-refractivity contribution in [2.24, 2.45) is 0 Å². The molecular formula is C20H20FN3O2S. The van der Waals surface area contributed by atoms with E-state index in [4.69, 9.17) is 0 Å². The van der Waals surface area contributed by atoms with Gasteiger partial charge in [-0.3, -0.25) is 4.72 Å². The lowest BCUT2D eigenvalue weighted by Crippen LogP contribution is -2.14. The summed E-state index contributed by atoms with van der Waals surface area (Å²) in [6, 6.07) is 12.8. The predicted molar refractivity (Wildman–Crippen MR) is 105 cm³/mol. The molecule has 3 aromatic rings. The molecule has 0 aliphatic rings. The second-order valence-corrected chi connectivity index (χ2v) is 8.02. The zero-order chi connectivity index (χ0) is 19.6. The van der Waals surface area contributed by atoms with Gasteiger partial charge in [0, 0.05) is 5.69 Å². The summed E-state index contributed by atoms with van der Waals surface area (Å²) in [4.78, 5) is 4.27. The highest BCUT2D eigenvalue weighted by molar-refractivity contribution is 7.92. The first kappa shape index (κ1) is 18.8. The Labute approximate surface area is 158 Å². The summed E-state index contributed by atoms with van der Waals surface area (Å²) in [5.41, 5.74) is 3.93. The summed E-state index contributed by atoms with van der Waals surface area (Å²) in [6.07, 6.45) is 1.43. The highest BCUT2D eigenvalue weighted by atomic mass is 32.2. The van der Waals surface area contributed by atoms with Gasteiger partial charge in [-0.1, -0.05) is 6.07 Å². The van der Waals surface area contributed by atoms with Gasteiger partial charge in [0.2, 0.25) is 0 Å². The van der Waals surface area contributed by atoms with E-state index < -0.39 is 15.8 Å². The number of rotatable bonds is 5. The molecule has 0 atom stereocenters. The van der Waals surface area contributed by atoms with E-state index in [1.165, 1.54) is 29.5 Å². The van der Waals surface area contributed by atoms with Crippen LogP contribution in [-0.2, 0) is 10.0 Å². The van der Waals surface area contributed by atoms with Crippen molar-refractivity contribution in [1.82, 2.24) is 4.98 Å². The Morgan fingerprint density at radius 2 is 1.59 bits per heavy atom. The number of anilines is 3. The van der Waals surface area contributed by atoms with Crippen LogP contribution in [-0.4, -0.2) is 13.4 Å². The molecule has 2 N–H and O–H groups in total. The molecule has 5 nitrogen and oxygen atoms in total. The van der Waals surface area contributed by atoms with Gasteiger partial charge in [-0.05, 0) is 79.9 Å². The van der Waals surface area contributed by atoms with Gasteiger partial charge in [-0.15, -0.1) is 0 Å². The van der Waals surface area contributed by atoms with E-state index >= 15 is 0 Å². The van der Waals surface area contributed by atoms with E-state index in [1.54, 1.807) is 19.1 Å². The van der Waals surface area contributed by atoms with Crippen LogP contribution in [0.15, 0.2) is 59.6 Å². The minimum absolute atomic E-state index is 0.0289. The lowest BCUT2D eigenvalue weighted by Gasteiger charge is -2.11. The molecule has 2 aromatic carbocycles. The predicted octanol–water partition coefficient (Wildman–Crippen LogP) is 4.69. The van der Waals surface area contributed by atoms with Gasteiger partial charge in [0.1, 0.15) is 11.6 Å². The fourth-order valence-corrected chi connectivity index (χ4v) is 3.89. The molecule has 0 unspecified atom stereocenters. The number of hydrogen-bond donors (Lipinski definition) is 2. The number of sulfonamides is 1. The lowest BCUT2D eigenvalue weighted by atomic mass is 10.1. The van der Waals surface area contributed by atoms with Crippen LogP contribution >= 0.6 is 0 Å². The van der Waals surface area contributed by atoms with Crippen LogP contribution in [0.2, 0.25) is 0 Å². The number of benzene rings is 2. The molecule has 1 heterocycles. The van der Waals surface area contributed by atoms with Crippen LogP contribution in [0.5, 0.6) is 0 Å². The van der Waals surface area contributed by atoms with Gasteiger partial charge in [0.15, 0.2) is 0 Å². The number of pyridine rings is 1. The van der Waals surface area contributed by atoms with E-state index in [0.29, 0.717) is 17.1 Å². The molecule has 1 aromatic heterocycles. The number of halogens is 1. The van der Waals surface area contributed by atoms with E-state index in [1.807, 2.05) is 32.0 Å². The number of hydrogen-bond acceptors (Lipinski definition) is 4. The number of aromatic nitrogens is 1. The molecule has 0 saturated heterocycles. The molecule has 0 radical (unpaired) electrons. The molecule has 0 amide bonds. The zero-order valence-electron chi connectivity index (χ0n) is 15.2. The fraction of sp³-hybridized carbons (Fsp3) is 0.150. The third-order valence-corrected chi connectivity index (χ3v) is 5.76. The summed E-state index contributed by atoms with van der Waals surface area (Å²) in [5, 5.41) is 3.18. The van der Waals surface area contributed by atoms with Crippen LogP contribution in [0.4, 0.5) is 21.6 Å². The highest BCUT2D eigenvalue weighted by Crippen LogP contribution is 2.22. The Hall–Kier alpha value is -2.93. The summed E-state index contributed by atoms with van der Waals surface area (Å²) < 4.78 is 40.7. The molecule has 0 spiro atoms. The molecule has 0 saturated carbocycles. The third-order valence-electron chi connectivity index (χ3n) is 4.22. The fourth-order valence-electron chi connectivity index (χ4n) is 2.62. The highest BCUT2D eigenvalue weighted by Gasteiger charge is 2.17. The Morgan fingerprint density at radius 3 is 2.22 bits per heavy atom. The standard InChI is InChI=1S/C20H20FN3O2S/c1-13-4-6-17(11-14(13)2)23-20-9-7-18(12-22-20)24-27(25,26)19-8-5-16(21)10-15(19)3/h4-12,24H,1-3H3,(H,22,23). The second-order valence-electron chi connectivity index (χ2n) is 6.37. The zero-order valence-corrected chi connectivity index (χ0v) is 16.1. The van der Waals surface area contributed by atoms with Gasteiger partial charge in [-0.2, -0.15) is 0 Å². The van der Waals surface area contributed by atoms with Crippen LogP contribution in [0.1, 0.15) is 16.7 Å². The number of aryl methyl sites for hydroxylation is 3. The number of nitrogens with one attached hydrogen (secondary N) is 2. The van der Waals surface area contributed by atoms with Crippen LogP contribution < -0.4 is 10.0 Å². The van der Waals surface area contributed by atoms with Crippen molar-refractivity contribution in [3.05, 3.63) is 77.2 Å². The van der Waals surface area contributed by atoms with E-state index in [9.17, 15) is 12.8 Å². The van der Waals surface area contributed by atoms with Gasteiger partial charge in [-0.25, -0.2) is 17.8 Å². The van der Waals surface area contributed by atoms with Gasteiger partial charge < -0.3 is 5.32 Å². The Kier molecular flexibility index (Phi) is 5.14. The first-order chi connectivity index (χ1) is 12.7. The molecule has 0 bridgehead atoms. The van der Waals surface area contributed by atoms with Gasteiger partial charge in [0.05, 0.1) is 16.8 Å². The maximum atomic E-state index is 13.2. The van der Waals surface area contributed by atoms with Crippen molar-refractivity contribution in [3.8, 4) is 0 Å². The Morgan fingerprint density at radius 1 is 0.852 bits per heavy atom. The summed E-state index contributed by atoms with van der Waals surface area (Å²) in [7, 11) is -3.82. The Balaban J connectivity index is 1.76. The molecule has 0 fully saturated rings. The average Bonchev–Trinajstić information content (AvgIpc) is 2.59. The normalized spacial score (nSPS) is 11.3. The third kappa shape index (κ3) is 4.43. The first-order valence-electron chi connectivity index (χ1n) is 8.34. The van der Waals surface area contributed by atoms with Crippen LogP contribution in [0, 0.1) is 26.6 Å². The van der Waals surface area contributed by atoms with E-state index in [0.717, 1.165) is 11.8 Å². The van der Waals surface area contributed by atoms with Crippen molar-refractivity contribution >= 4 is 27.2 Å². The van der Waals surface area contributed by atoms with E-state index in [2.05, 4.69) is 15.0 Å². The maximum Gasteiger partial charge on any atom is 0.262 e. The van der Waals surface area contributed by atoms with Crippen molar-refractivity contribution in [1.29, 1.82) is 0 Å². The quantitative estimate of drug-likeness (QED) is 0.668. The maximum absolute atomic E-state index is 13.2. The molecule has 140 valence electrons. The largest absolute Gasteiger partial charge is 0.340 e. The van der Waals surface area contributed by atoms with E-state index in [-0.39, 0.29) is 4.90 Å².